The predicted octanol–water partition coefficient (Wildman–Crippen LogP) is 5.95. The molecule has 0 aliphatic rings. The molecular weight excluding hydrogens is 447 g/mol. The molecule has 9 heteroatoms. The van der Waals surface area contributed by atoms with Gasteiger partial charge in [0.2, 0.25) is 0 Å². The van der Waals surface area contributed by atoms with Crippen LogP contribution in [0.15, 0.2) is 48.5 Å². The van der Waals surface area contributed by atoms with Crippen LogP contribution in [0.2, 0.25) is 15.1 Å². The van der Waals surface area contributed by atoms with E-state index in [-0.39, 0.29) is 10.9 Å². The van der Waals surface area contributed by atoms with E-state index in [9.17, 15) is 4.79 Å². The summed E-state index contributed by atoms with van der Waals surface area (Å²) in [6.45, 7) is 1.88. The molecule has 0 bridgehead atoms. The lowest BCUT2D eigenvalue weighted by atomic mass is 10.1. The van der Waals surface area contributed by atoms with Crippen molar-refractivity contribution in [1.29, 1.82) is 0 Å². The molecule has 0 spiro atoms. The van der Waals surface area contributed by atoms with Crippen molar-refractivity contribution in [2.24, 2.45) is 0 Å². The second kappa shape index (κ2) is 8.14. The molecule has 1 aromatic heterocycles. The molecule has 4 rings (SSSR count). The van der Waals surface area contributed by atoms with E-state index < -0.39 is 0 Å². The molecule has 0 saturated heterocycles. The molecule has 0 saturated carbocycles. The molecule has 30 heavy (non-hydrogen) atoms. The monoisotopic (exact) mass is 460 g/mol. The normalized spacial score (nSPS) is 11.0. The first kappa shape index (κ1) is 20.5. The number of hydrogen-bond donors (Lipinski definition) is 1. The Morgan fingerprint density at radius 2 is 1.70 bits per heavy atom. The minimum absolute atomic E-state index is 0.279. The maximum absolute atomic E-state index is 12.7. The summed E-state index contributed by atoms with van der Waals surface area (Å²) in [6, 6.07) is 13.6. The fourth-order valence-electron chi connectivity index (χ4n) is 2.96. The van der Waals surface area contributed by atoms with Crippen LogP contribution in [-0.4, -0.2) is 28.0 Å². The van der Waals surface area contributed by atoms with E-state index in [1.54, 1.807) is 37.4 Å². The van der Waals surface area contributed by atoms with Crippen molar-refractivity contribution in [1.82, 2.24) is 15.0 Å². The van der Waals surface area contributed by atoms with Crippen LogP contribution in [0.5, 0.6) is 5.75 Å². The number of carbonyl (C=O) groups is 1. The zero-order valence-corrected chi connectivity index (χ0v) is 18.2. The zero-order chi connectivity index (χ0) is 21.4. The Balaban J connectivity index is 1.67. The van der Waals surface area contributed by atoms with Crippen LogP contribution in [0.25, 0.3) is 16.7 Å². The lowest BCUT2D eigenvalue weighted by Crippen LogP contribution is -2.13. The van der Waals surface area contributed by atoms with E-state index in [1.807, 2.05) is 19.1 Å². The summed E-state index contributed by atoms with van der Waals surface area (Å²) in [5.74, 6) is 0.229. The SMILES string of the molecule is COc1ccc(-n2nc3cc(C)c(NC(=O)c4ccc(Cl)cc4Cl)cc3n2)cc1Cl. The highest BCUT2D eigenvalue weighted by Crippen LogP contribution is 2.28. The smallest absolute Gasteiger partial charge is 0.257 e. The van der Waals surface area contributed by atoms with Crippen molar-refractivity contribution >= 4 is 57.4 Å². The van der Waals surface area contributed by atoms with E-state index >= 15 is 0 Å². The van der Waals surface area contributed by atoms with Crippen molar-refractivity contribution in [3.05, 3.63) is 74.7 Å². The lowest BCUT2D eigenvalue weighted by molar-refractivity contribution is 0.102. The number of aryl methyl sites for hydroxylation is 1. The quantitative estimate of drug-likeness (QED) is 0.408. The van der Waals surface area contributed by atoms with Gasteiger partial charge in [-0.2, -0.15) is 4.80 Å². The number of ether oxygens (including phenoxy) is 1. The number of nitrogens with one attached hydrogen (secondary N) is 1. The van der Waals surface area contributed by atoms with Crippen molar-refractivity contribution < 1.29 is 9.53 Å². The number of anilines is 1. The van der Waals surface area contributed by atoms with E-state index in [1.165, 1.54) is 10.9 Å². The van der Waals surface area contributed by atoms with Gasteiger partial charge in [-0.1, -0.05) is 34.8 Å². The summed E-state index contributed by atoms with van der Waals surface area (Å²) >= 11 is 18.2. The summed E-state index contributed by atoms with van der Waals surface area (Å²) < 4.78 is 5.18. The van der Waals surface area contributed by atoms with Crippen LogP contribution in [0.1, 0.15) is 15.9 Å². The maximum atomic E-state index is 12.7. The summed E-state index contributed by atoms with van der Waals surface area (Å²) in [5, 5.41) is 13.1. The van der Waals surface area contributed by atoms with E-state index in [0.717, 1.165) is 5.56 Å². The van der Waals surface area contributed by atoms with Crippen LogP contribution < -0.4 is 10.1 Å². The second-order valence-electron chi connectivity index (χ2n) is 6.54. The van der Waals surface area contributed by atoms with Gasteiger partial charge in [0.15, 0.2) is 0 Å². The van der Waals surface area contributed by atoms with Gasteiger partial charge in [0.25, 0.3) is 5.91 Å². The lowest BCUT2D eigenvalue weighted by Gasteiger charge is -2.09. The molecule has 1 amide bonds. The fraction of sp³-hybridized carbons (Fsp3) is 0.0952. The molecule has 4 aromatic rings. The Bertz CT molecular complexity index is 1290. The number of hydrogen-bond acceptors (Lipinski definition) is 4. The molecule has 0 atom stereocenters. The zero-order valence-electron chi connectivity index (χ0n) is 15.9. The van der Waals surface area contributed by atoms with Gasteiger partial charge in [0.05, 0.1) is 28.4 Å². The summed E-state index contributed by atoms with van der Waals surface area (Å²) in [7, 11) is 1.55. The molecule has 3 aromatic carbocycles. The van der Waals surface area contributed by atoms with Gasteiger partial charge >= 0.3 is 0 Å². The number of amides is 1. The third-order valence-electron chi connectivity index (χ3n) is 4.52. The number of rotatable bonds is 4. The largest absolute Gasteiger partial charge is 0.495 e. The summed E-state index contributed by atoms with van der Waals surface area (Å²) in [6.07, 6.45) is 0. The molecule has 0 unspecified atom stereocenters. The molecule has 6 nitrogen and oxygen atoms in total. The number of aromatic nitrogens is 3. The van der Waals surface area contributed by atoms with E-state index in [2.05, 4.69) is 15.5 Å². The van der Waals surface area contributed by atoms with Crippen LogP contribution >= 0.6 is 34.8 Å². The van der Waals surface area contributed by atoms with Crippen molar-refractivity contribution in [3.8, 4) is 11.4 Å². The number of nitrogens with zero attached hydrogens (tertiary/aromatic N) is 3. The number of carbonyl (C=O) groups excluding carboxylic acids is 1. The molecule has 0 aliphatic carbocycles. The highest BCUT2D eigenvalue weighted by molar-refractivity contribution is 6.37. The van der Waals surface area contributed by atoms with E-state index in [4.69, 9.17) is 39.5 Å². The van der Waals surface area contributed by atoms with Crippen LogP contribution in [0.3, 0.4) is 0 Å². The van der Waals surface area contributed by atoms with Gasteiger partial charge in [-0.15, -0.1) is 10.2 Å². The first-order chi connectivity index (χ1) is 14.4. The third kappa shape index (κ3) is 3.94. The Labute approximate surface area is 187 Å². The molecule has 0 aliphatic heterocycles. The fourth-order valence-corrected chi connectivity index (χ4v) is 3.71. The van der Waals surface area contributed by atoms with Gasteiger partial charge in [-0.25, -0.2) is 0 Å². The van der Waals surface area contributed by atoms with Gasteiger partial charge < -0.3 is 10.1 Å². The average Bonchev–Trinajstić information content (AvgIpc) is 3.10. The predicted molar refractivity (Wildman–Crippen MR) is 120 cm³/mol. The van der Waals surface area contributed by atoms with Gasteiger partial charge in [0, 0.05) is 10.7 Å². The van der Waals surface area contributed by atoms with Crippen LogP contribution in [0.4, 0.5) is 5.69 Å². The van der Waals surface area contributed by atoms with Crippen molar-refractivity contribution in [3.63, 3.8) is 0 Å². The number of benzene rings is 3. The Kier molecular flexibility index (Phi) is 5.56. The van der Waals surface area contributed by atoms with Crippen molar-refractivity contribution in [2.75, 3.05) is 12.4 Å². The Morgan fingerprint density at radius 1 is 0.967 bits per heavy atom. The first-order valence-electron chi connectivity index (χ1n) is 8.84. The highest BCUT2D eigenvalue weighted by atomic mass is 35.5. The highest BCUT2D eigenvalue weighted by Gasteiger charge is 2.15. The average molecular weight is 462 g/mol. The minimum Gasteiger partial charge on any atom is -0.495 e. The first-order valence-corrected chi connectivity index (χ1v) is 9.97. The molecule has 1 N–H and O–H groups in total. The van der Waals surface area contributed by atoms with E-state index in [0.29, 0.717) is 43.8 Å². The van der Waals surface area contributed by atoms with Crippen LogP contribution in [-0.2, 0) is 0 Å². The molecule has 0 radical (unpaired) electrons. The molecule has 1 heterocycles. The maximum Gasteiger partial charge on any atom is 0.257 e. The Morgan fingerprint density at radius 3 is 2.37 bits per heavy atom. The molecule has 152 valence electrons. The number of methoxy groups -OCH3 is 1. The Hall–Kier alpha value is -2.80. The topological polar surface area (TPSA) is 69.0 Å². The van der Waals surface area contributed by atoms with Gasteiger partial charge in [-0.05, 0) is 61.0 Å². The third-order valence-corrected chi connectivity index (χ3v) is 5.36. The molecule has 0 fully saturated rings. The summed E-state index contributed by atoms with van der Waals surface area (Å²) in [5.41, 5.74) is 3.76. The number of fused-ring (bicyclic) bond motifs is 1. The van der Waals surface area contributed by atoms with Crippen molar-refractivity contribution in [2.45, 2.75) is 6.92 Å². The molecular formula is C21H15Cl3N4O2. The minimum atomic E-state index is -0.339. The number of halogens is 3. The standard InChI is InChI=1S/C21H15Cl3N4O2/c1-11-7-18-19(27-28(26-18)13-4-6-20(30-2)16(24)9-13)10-17(11)25-21(29)14-5-3-12(22)8-15(14)23/h3-10H,1-2H3,(H,25,29). The summed E-state index contributed by atoms with van der Waals surface area (Å²) in [4.78, 5) is 14.1. The van der Waals surface area contributed by atoms with Gasteiger partial charge in [0.1, 0.15) is 16.8 Å². The van der Waals surface area contributed by atoms with Gasteiger partial charge in [-0.3, -0.25) is 4.79 Å². The second-order valence-corrected chi connectivity index (χ2v) is 7.79. The van der Waals surface area contributed by atoms with Crippen LogP contribution in [0, 0.1) is 6.92 Å².